The topological polar surface area (TPSA) is 76.7 Å². The molecule has 2 atom stereocenters. The summed E-state index contributed by atoms with van der Waals surface area (Å²) in [5, 5.41) is 6.52. The van der Waals surface area contributed by atoms with Crippen molar-refractivity contribution in [2.24, 2.45) is 0 Å². The van der Waals surface area contributed by atoms with Crippen molar-refractivity contribution in [3.05, 3.63) is 59.7 Å². The third-order valence-electron chi connectivity index (χ3n) is 7.12. The Morgan fingerprint density at radius 1 is 0.969 bits per heavy atom. The number of carbonyl (C=O) groups excluding carboxylic acids is 2. The van der Waals surface area contributed by atoms with Crippen LogP contribution in [0.15, 0.2) is 48.5 Å². The van der Waals surface area contributed by atoms with E-state index in [1.807, 2.05) is 24.3 Å². The molecule has 1 amide bonds. The average molecular weight is 435 g/mol. The van der Waals surface area contributed by atoms with E-state index >= 15 is 0 Å². The van der Waals surface area contributed by atoms with Crippen LogP contribution in [-0.4, -0.2) is 42.9 Å². The summed E-state index contributed by atoms with van der Waals surface area (Å²) < 4.78 is 11.1. The van der Waals surface area contributed by atoms with Crippen molar-refractivity contribution in [1.29, 1.82) is 0 Å². The molecule has 3 aliphatic rings. The summed E-state index contributed by atoms with van der Waals surface area (Å²) in [5.41, 5.74) is 3.67. The Morgan fingerprint density at radius 2 is 1.56 bits per heavy atom. The van der Waals surface area contributed by atoms with Crippen molar-refractivity contribution in [1.82, 2.24) is 10.6 Å². The fourth-order valence-electron chi connectivity index (χ4n) is 5.78. The lowest BCUT2D eigenvalue weighted by molar-refractivity contribution is -0.153. The summed E-state index contributed by atoms with van der Waals surface area (Å²) in [7, 11) is 0. The molecule has 2 aromatic carbocycles. The number of benzene rings is 2. The smallest absolute Gasteiger partial charge is 0.408 e. The van der Waals surface area contributed by atoms with Crippen molar-refractivity contribution in [2.75, 3.05) is 13.2 Å². The highest BCUT2D eigenvalue weighted by atomic mass is 16.6. The van der Waals surface area contributed by atoms with Crippen molar-refractivity contribution in [3.8, 4) is 11.1 Å². The number of alkyl carbamates (subject to hydrolysis) is 1. The molecule has 0 spiro atoms. The Morgan fingerprint density at radius 3 is 2.16 bits per heavy atom. The SMILES string of the molecule is CCOC(=O)C1(NC(=O)OCC2c3ccccc3-c3ccccc32)CC2CCCC(C1)N2. The second kappa shape index (κ2) is 8.58. The van der Waals surface area contributed by atoms with Gasteiger partial charge in [0.2, 0.25) is 0 Å². The van der Waals surface area contributed by atoms with Crippen molar-refractivity contribution >= 4 is 12.1 Å². The van der Waals surface area contributed by atoms with Crippen LogP contribution < -0.4 is 10.6 Å². The van der Waals surface area contributed by atoms with Gasteiger partial charge in [-0.3, -0.25) is 0 Å². The number of ether oxygens (including phenoxy) is 2. The molecule has 2 saturated heterocycles. The maximum Gasteiger partial charge on any atom is 0.408 e. The third-order valence-corrected chi connectivity index (χ3v) is 7.12. The first-order valence-electron chi connectivity index (χ1n) is 11.7. The van der Waals surface area contributed by atoms with Crippen molar-refractivity contribution in [2.45, 2.75) is 62.6 Å². The summed E-state index contributed by atoms with van der Waals surface area (Å²) in [4.78, 5) is 25.9. The molecule has 2 aromatic rings. The zero-order valence-electron chi connectivity index (χ0n) is 18.4. The zero-order valence-corrected chi connectivity index (χ0v) is 18.4. The standard InChI is InChI=1S/C26H30N2O4/c1-2-31-24(29)26(14-17-8-7-9-18(15-26)27-17)28-25(30)32-16-23-21-12-5-3-10-19(21)20-11-4-6-13-22(20)23/h3-6,10-13,17-18,23,27H,2,7-9,14-16H2,1H3,(H,28,30). The number of nitrogens with one attached hydrogen (secondary N) is 2. The van der Waals surface area contributed by atoms with E-state index in [1.165, 1.54) is 11.1 Å². The molecule has 5 rings (SSSR count). The Kier molecular flexibility index (Phi) is 5.64. The summed E-state index contributed by atoms with van der Waals surface area (Å²) in [6.07, 6.45) is 3.67. The van der Waals surface area contributed by atoms with Gasteiger partial charge in [-0.25, -0.2) is 9.59 Å². The average Bonchev–Trinajstić information content (AvgIpc) is 3.11. The predicted molar refractivity (Wildman–Crippen MR) is 121 cm³/mol. The van der Waals surface area contributed by atoms with Crippen LogP contribution in [0, 0.1) is 0 Å². The van der Waals surface area contributed by atoms with E-state index in [9.17, 15) is 9.59 Å². The van der Waals surface area contributed by atoms with E-state index in [2.05, 4.69) is 34.9 Å². The normalized spacial score (nSPS) is 26.0. The molecule has 6 heteroatoms. The van der Waals surface area contributed by atoms with Crippen LogP contribution in [0.1, 0.15) is 56.1 Å². The lowest BCUT2D eigenvalue weighted by atomic mass is 9.75. The molecule has 1 aliphatic carbocycles. The van der Waals surface area contributed by atoms with Crippen LogP contribution in [0.4, 0.5) is 4.79 Å². The van der Waals surface area contributed by atoms with Crippen LogP contribution >= 0.6 is 0 Å². The van der Waals surface area contributed by atoms with Crippen LogP contribution in [0.3, 0.4) is 0 Å². The first-order valence-corrected chi connectivity index (χ1v) is 11.7. The number of esters is 1. The molecule has 0 aromatic heterocycles. The molecule has 2 aliphatic heterocycles. The molecule has 0 saturated carbocycles. The van der Waals surface area contributed by atoms with Gasteiger partial charge in [0.25, 0.3) is 0 Å². The number of fused-ring (bicyclic) bond motifs is 5. The van der Waals surface area contributed by atoms with Crippen molar-refractivity contribution in [3.63, 3.8) is 0 Å². The van der Waals surface area contributed by atoms with E-state index in [4.69, 9.17) is 9.47 Å². The highest BCUT2D eigenvalue weighted by Crippen LogP contribution is 2.44. The second-order valence-electron chi connectivity index (χ2n) is 9.15. The minimum atomic E-state index is -1.03. The van der Waals surface area contributed by atoms with Gasteiger partial charge in [0.1, 0.15) is 12.1 Å². The molecule has 2 heterocycles. The Labute approximate surface area is 188 Å². The number of amides is 1. The van der Waals surface area contributed by atoms with Gasteiger partial charge < -0.3 is 20.1 Å². The fraction of sp³-hybridized carbons (Fsp3) is 0.462. The molecular formula is C26H30N2O4. The summed E-state index contributed by atoms with van der Waals surface area (Å²) in [5.74, 6) is -0.369. The maximum atomic E-state index is 13.0. The van der Waals surface area contributed by atoms with E-state index < -0.39 is 11.6 Å². The van der Waals surface area contributed by atoms with Gasteiger partial charge in [0.15, 0.2) is 0 Å². The number of hydrogen-bond acceptors (Lipinski definition) is 5. The number of rotatable bonds is 5. The highest BCUT2D eigenvalue weighted by Gasteiger charge is 2.49. The van der Waals surface area contributed by atoms with Gasteiger partial charge in [-0.2, -0.15) is 0 Å². The van der Waals surface area contributed by atoms with Gasteiger partial charge in [0.05, 0.1) is 6.61 Å². The minimum absolute atomic E-state index is 0.0147. The Balaban J connectivity index is 1.32. The second-order valence-corrected chi connectivity index (χ2v) is 9.15. The summed E-state index contributed by atoms with van der Waals surface area (Å²) >= 11 is 0. The summed E-state index contributed by atoms with van der Waals surface area (Å²) in [6, 6.07) is 16.9. The lowest BCUT2D eigenvalue weighted by Gasteiger charge is -2.46. The van der Waals surface area contributed by atoms with Crippen LogP contribution in [0.25, 0.3) is 11.1 Å². The monoisotopic (exact) mass is 434 g/mol. The molecule has 32 heavy (non-hydrogen) atoms. The third kappa shape index (κ3) is 3.77. The predicted octanol–water partition coefficient (Wildman–Crippen LogP) is 4.13. The van der Waals surface area contributed by atoms with Gasteiger partial charge in [-0.1, -0.05) is 55.0 Å². The van der Waals surface area contributed by atoms with Crippen LogP contribution in [0.5, 0.6) is 0 Å². The van der Waals surface area contributed by atoms with Gasteiger partial charge >= 0.3 is 12.1 Å². The first-order chi connectivity index (χ1) is 15.6. The summed E-state index contributed by atoms with van der Waals surface area (Å²) in [6.45, 7) is 2.31. The van der Waals surface area contributed by atoms with E-state index in [-0.39, 0.29) is 37.2 Å². The fourth-order valence-corrected chi connectivity index (χ4v) is 5.78. The molecule has 168 valence electrons. The minimum Gasteiger partial charge on any atom is -0.464 e. The van der Waals surface area contributed by atoms with E-state index in [0.29, 0.717) is 12.8 Å². The molecule has 2 bridgehead atoms. The number of carbonyl (C=O) groups is 2. The molecule has 2 N–H and O–H groups in total. The molecule has 6 nitrogen and oxygen atoms in total. The van der Waals surface area contributed by atoms with Gasteiger partial charge in [-0.05, 0) is 54.9 Å². The lowest BCUT2D eigenvalue weighted by Crippen LogP contribution is -2.66. The van der Waals surface area contributed by atoms with Crippen LogP contribution in [-0.2, 0) is 14.3 Å². The molecule has 0 radical (unpaired) electrons. The van der Waals surface area contributed by atoms with Crippen molar-refractivity contribution < 1.29 is 19.1 Å². The Hall–Kier alpha value is -2.86. The van der Waals surface area contributed by atoms with Gasteiger partial charge in [-0.15, -0.1) is 0 Å². The Bertz CT molecular complexity index is 963. The highest BCUT2D eigenvalue weighted by molar-refractivity contribution is 5.86. The molecule has 2 fully saturated rings. The van der Waals surface area contributed by atoms with E-state index in [0.717, 1.165) is 30.4 Å². The molecule has 2 unspecified atom stereocenters. The van der Waals surface area contributed by atoms with Gasteiger partial charge in [0, 0.05) is 18.0 Å². The van der Waals surface area contributed by atoms with Crippen LogP contribution in [0.2, 0.25) is 0 Å². The quantitative estimate of drug-likeness (QED) is 0.692. The molecular weight excluding hydrogens is 404 g/mol. The largest absolute Gasteiger partial charge is 0.464 e. The first kappa shape index (κ1) is 21.0. The van der Waals surface area contributed by atoms with E-state index in [1.54, 1.807) is 6.92 Å². The zero-order chi connectivity index (χ0) is 22.1. The maximum absolute atomic E-state index is 13.0. The number of hydrogen-bond donors (Lipinski definition) is 2. The number of piperidine rings is 2.